The van der Waals surface area contributed by atoms with Crippen molar-refractivity contribution in [3.8, 4) is 5.75 Å². The number of nitrogens with two attached hydrogens (primary N) is 3. The van der Waals surface area contributed by atoms with E-state index in [2.05, 4.69) is 84.1 Å². The number of esters is 1. The van der Waals surface area contributed by atoms with Gasteiger partial charge in [0.15, 0.2) is 5.96 Å². The van der Waals surface area contributed by atoms with Gasteiger partial charge in [-0.15, -0.1) is 0 Å². The van der Waals surface area contributed by atoms with Crippen molar-refractivity contribution in [2.75, 3.05) is 51.4 Å². The Morgan fingerprint density at radius 3 is 1.64 bits per heavy atom. The lowest BCUT2D eigenvalue weighted by molar-refractivity contribution is -0.192. The van der Waals surface area contributed by atoms with Crippen molar-refractivity contribution in [1.29, 1.82) is 5.41 Å². The highest BCUT2D eigenvalue weighted by atomic mass is 32.2. The molecule has 0 radical (unpaired) electrons. The van der Waals surface area contributed by atoms with Crippen molar-refractivity contribution < 1.29 is 120 Å². The number of phenols is 1. The molecule has 12 atom stereocenters. The molecule has 3 aromatic carbocycles. The van der Waals surface area contributed by atoms with E-state index in [1.165, 1.54) is 53.5 Å². The van der Waals surface area contributed by atoms with E-state index in [0.717, 1.165) is 13.8 Å². The zero-order valence-corrected chi connectivity index (χ0v) is 71.7. The lowest BCUT2D eigenvalue weighted by Gasteiger charge is -2.30. The number of aromatic amines is 2. The van der Waals surface area contributed by atoms with Crippen molar-refractivity contribution in [3.05, 3.63) is 120 Å². The molecule has 14 amide bonds. The number of aromatic nitrogens is 3. The topological polar surface area (TPSA) is 686 Å². The highest BCUT2D eigenvalue weighted by Gasteiger charge is 2.42. The fourth-order valence-corrected chi connectivity index (χ4v) is 13.6. The third-order valence-corrected chi connectivity index (χ3v) is 20.4. The fourth-order valence-electron chi connectivity index (χ4n) is 13.1. The highest BCUT2D eigenvalue weighted by molar-refractivity contribution is 7.98. The zero-order valence-electron chi connectivity index (χ0n) is 70.9. The molecule has 26 N–H and O–H groups in total. The monoisotopic (exact) mass is 1820 g/mol. The molecule has 0 bridgehead atoms. The van der Waals surface area contributed by atoms with Gasteiger partial charge in [-0.1, -0.05) is 74.5 Å². The van der Waals surface area contributed by atoms with Gasteiger partial charge in [-0.25, -0.2) is 9.78 Å². The Labute approximate surface area is 736 Å². The maximum absolute atomic E-state index is 15.2. The molecule has 0 unspecified atom stereocenters. The number of unbranched alkanes of at least 4 members (excludes halogenated alkanes) is 1. The quantitative estimate of drug-likeness (QED) is 0.00783. The number of hydrogen-bond donors (Lipinski definition) is 23. The number of guanidine groups is 1. The molecule has 0 aliphatic carbocycles. The lowest BCUT2D eigenvalue weighted by atomic mass is 10.0. The summed E-state index contributed by atoms with van der Waals surface area (Å²) in [6.07, 6.45) is -0.513. The van der Waals surface area contributed by atoms with E-state index in [0.29, 0.717) is 46.9 Å². The van der Waals surface area contributed by atoms with Crippen LogP contribution in [0.1, 0.15) is 114 Å². The molecule has 1 aliphatic rings. The predicted octanol–water partition coefficient (Wildman–Crippen LogP) is -3.33. The second-order valence-electron chi connectivity index (χ2n) is 30.1. The summed E-state index contributed by atoms with van der Waals surface area (Å²) in [6, 6.07) is 2.74. The van der Waals surface area contributed by atoms with Gasteiger partial charge >= 0.3 is 24.1 Å². The van der Waals surface area contributed by atoms with Crippen LogP contribution < -0.4 is 86.3 Å². The van der Waals surface area contributed by atoms with Gasteiger partial charge in [0.25, 0.3) is 0 Å². The van der Waals surface area contributed by atoms with Crippen LogP contribution in [-0.4, -0.2) is 277 Å². The molecule has 128 heavy (non-hydrogen) atoms. The number of likely N-dealkylation sites (tertiary alicyclic amines) is 1. The molecule has 700 valence electrons. The lowest BCUT2D eigenvalue weighted by Crippen LogP contribution is -2.61. The van der Waals surface area contributed by atoms with Crippen LogP contribution >= 0.6 is 11.8 Å². The number of halogens is 3. The predicted molar refractivity (Wildman–Crippen MR) is 454 cm³/mol. The van der Waals surface area contributed by atoms with Gasteiger partial charge in [0, 0.05) is 82.3 Å². The van der Waals surface area contributed by atoms with Gasteiger partial charge in [0.05, 0.1) is 25.2 Å². The number of H-pyrrole nitrogens is 2. The number of aliphatic hydroxyl groups is 1. The summed E-state index contributed by atoms with van der Waals surface area (Å²) >= 11 is 1.22. The number of carboxylic acid groups (broad SMARTS) is 2. The summed E-state index contributed by atoms with van der Waals surface area (Å²) in [5.41, 5.74) is 19.2. The molecular formula is C81H112F3N21O22S. The smallest absolute Gasteiger partial charge is 0.490 e. The van der Waals surface area contributed by atoms with Crippen molar-refractivity contribution in [2.45, 2.75) is 196 Å². The van der Waals surface area contributed by atoms with Crippen LogP contribution in [0.2, 0.25) is 0 Å². The number of aliphatic hydroxyl groups excluding tert-OH is 1. The summed E-state index contributed by atoms with van der Waals surface area (Å²) in [7, 11) is 0. The average Bonchev–Trinajstić information content (AvgIpc) is 1.67. The Balaban J connectivity index is 0.00000397. The molecule has 5 aromatic rings. The maximum atomic E-state index is 15.2. The van der Waals surface area contributed by atoms with Crippen LogP contribution in [0.5, 0.6) is 5.75 Å². The van der Waals surface area contributed by atoms with Gasteiger partial charge < -0.3 is 126 Å². The number of carboxylic acids is 2. The molecule has 47 heteroatoms. The van der Waals surface area contributed by atoms with Crippen LogP contribution in [0, 0.1) is 11.3 Å². The van der Waals surface area contributed by atoms with Gasteiger partial charge in [0.2, 0.25) is 82.7 Å². The number of hydrogen-bond acceptors (Lipinski definition) is 24. The fraction of sp³-hybridized carbons (Fsp3) is 0.494. The molecular weight excluding hydrogens is 1710 g/mol. The number of thioether (sulfide) groups is 1. The zero-order chi connectivity index (χ0) is 94.9. The molecule has 0 saturated carbocycles. The largest absolute Gasteiger partial charge is 0.508 e. The van der Waals surface area contributed by atoms with Crippen molar-refractivity contribution >= 4 is 129 Å². The number of para-hydroxylation sites is 1. The number of benzene rings is 3. The highest BCUT2D eigenvalue weighted by Crippen LogP contribution is 2.24. The van der Waals surface area contributed by atoms with Crippen molar-refractivity contribution in [2.24, 2.45) is 23.1 Å². The number of carbonyl (C=O) groups excluding carboxylic acids is 15. The van der Waals surface area contributed by atoms with Gasteiger partial charge in [-0.2, -0.15) is 24.9 Å². The average molecular weight is 1820 g/mol. The number of carbonyl (C=O) groups is 17. The minimum absolute atomic E-state index is 0.00923. The van der Waals surface area contributed by atoms with Crippen LogP contribution in [0.3, 0.4) is 0 Å². The first-order valence-electron chi connectivity index (χ1n) is 40.7. The van der Waals surface area contributed by atoms with E-state index in [9.17, 15) is 90.8 Å². The molecule has 6 rings (SSSR count). The number of amides is 14. The number of primary amides is 1. The van der Waals surface area contributed by atoms with Gasteiger partial charge in [-0.05, 0) is 117 Å². The van der Waals surface area contributed by atoms with Crippen LogP contribution in [0.15, 0.2) is 97.6 Å². The molecule has 1 fully saturated rings. The number of alkyl halides is 3. The Morgan fingerprint density at radius 2 is 1.12 bits per heavy atom. The Hall–Kier alpha value is -13.5. The van der Waals surface area contributed by atoms with E-state index in [1.54, 1.807) is 80.9 Å². The normalized spacial score (nSPS) is 14.9. The second kappa shape index (κ2) is 53.1. The standard InChI is InChI=1S/C79H111N21O20S.C2HF3O2/c1-43(2)66(67(81)108)99-77(118)63-21-14-31-100(63)78(119)56(19-11-12-29-80)90-64(105)39-87-68(109)59(35-48-37-86-52-18-10-9-17-51(48)52)96-69(110)53(20-13-30-85-79(82)83)91-72(113)57(33-46-15-7-6-8-16-46)94-74(115)60(36-49-38-84-42-88-49)97-70(111)54(26-27-65(106)107)92-71(112)55(28-32-121-5)93-75(116)61(40-101)98-73(114)58(34-47-22-24-50(104)25-23-47)95-76(117)62(89-44(3)102)41-120-45(4)103;3-2(4,5)1(6)7/h6-10,15-18,22-25,37-38,42-43,53-63,66,86,101,104H,11-14,19-21,26-36,39-41,80H2,1-5H3,(H2,81,108)(H,84,88)(H,87,109)(H,89,102)(H,90,105)(H,91,113)(H,92,112)(H,93,116)(H,94,115)(H,95,117)(H,96,110)(H,97,111)(H,98,114)(H,99,118)(H,106,107)(H4,82,83,85);(H,6,7)/t53-,54-,55-,56-,57-,58-,59-,60-,61-,62-,63-,66-;/m0./s1. The van der Waals surface area contributed by atoms with E-state index in [1.807, 2.05) is 0 Å². The summed E-state index contributed by atoms with van der Waals surface area (Å²) in [5.74, 6) is -18.6. The summed E-state index contributed by atoms with van der Waals surface area (Å²) in [4.78, 5) is 242. The van der Waals surface area contributed by atoms with E-state index in [-0.39, 0.29) is 94.1 Å². The second-order valence-corrected chi connectivity index (χ2v) is 31.0. The first-order valence-corrected chi connectivity index (χ1v) is 42.1. The summed E-state index contributed by atoms with van der Waals surface area (Å²) in [5, 5.41) is 79.4. The Bertz CT molecular complexity index is 4630. The van der Waals surface area contributed by atoms with E-state index in [4.69, 9.17) is 37.2 Å². The number of nitrogens with one attached hydrogen (secondary N) is 16. The number of aliphatic carboxylic acids is 2. The molecule has 3 heterocycles. The van der Waals surface area contributed by atoms with E-state index < -0.39 is 224 Å². The third-order valence-electron chi connectivity index (χ3n) is 19.7. The van der Waals surface area contributed by atoms with Gasteiger partial charge in [0.1, 0.15) is 84.9 Å². The number of ether oxygens (including phenoxy) is 1. The number of imidazole rings is 1. The number of phenolic OH excluding ortho intramolecular Hbond substituents is 1. The van der Waals surface area contributed by atoms with Crippen LogP contribution in [0.4, 0.5) is 13.2 Å². The number of fused-ring (bicyclic) bond motifs is 1. The first kappa shape index (κ1) is 105. The maximum Gasteiger partial charge on any atom is 0.490 e. The Kier molecular flexibility index (Phi) is 43.6. The minimum Gasteiger partial charge on any atom is -0.508 e. The molecule has 1 aliphatic heterocycles. The number of aromatic hydroxyl groups is 1. The number of nitrogens with zero attached hydrogens (tertiary/aromatic N) is 2. The molecule has 0 spiro atoms. The summed E-state index contributed by atoms with van der Waals surface area (Å²) in [6.45, 7) is 3.45. The van der Waals surface area contributed by atoms with E-state index >= 15 is 14.4 Å². The Morgan fingerprint density at radius 1 is 0.602 bits per heavy atom. The molecule has 2 aromatic heterocycles. The minimum atomic E-state index is -5.08. The van der Waals surface area contributed by atoms with Crippen molar-refractivity contribution in [1.82, 2.24) is 89.0 Å². The summed E-state index contributed by atoms with van der Waals surface area (Å²) < 4.78 is 36.7. The van der Waals surface area contributed by atoms with Crippen molar-refractivity contribution in [3.63, 3.8) is 0 Å². The van der Waals surface area contributed by atoms with Gasteiger partial charge in [-0.3, -0.25) is 82.1 Å². The molecule has 1 saturated heterocycles. The number of rotatable bonds is 51. The first-order chi connectivity index (χ1) is 60.6. The van der Waals surface area contributed by atoms with Crippen LogP contribution in [-0.2, 0) is 112 Å². The third kappa shape index (κ3) is 36.2. The SMILES string of the molecule is CSCC[C@H](NC(=O)[C@H](CO)NC(=O)[C@H](Cc1ccc(O)cc1)NC(=O)[C@H](COC(C)=O)NC(C)=O)C(=O)N[C@@H](CCC(=O)O)C(=O)N[C@@H](Cc1c[nH]cn1)C(=O)N[C@@H](Cc1ccccc1)C(=O)N[C@@H](CCCNC(=N)N)C(=O)N[C@@H](Cc1c[nH]c2ccccc12)C(=O)NCC(=O)N[C@@H](CCCCN)C(=O)N1CCC[C@H]1C(=O)N[C@H](C(N)=O)C(C)C.O=C(O)C(F)(F)F. The molecule has 43 nitrogen and oxygen atoms in total. The van der Waals surface area contributed by atoms with Crippen LogP contribution in [0.25, 0.3) is 10.9 Å².